The molecule has 146 valence electrons. The van der Waals surface area contributed by atoms with E-state index >= 15 is 0 Å². The highest BCUT2D eigenvalue weighted by Crippen LogP contribution is 2.50. The van der Waals surface area contributed by atoms with Crippen molar-refractivity contribution in [2.24, 2.45) is 5.92 Å². The van der Waals surface area contributed by atoms with Gasteiger partial charge in [0.2, 0.25) is 0 Å². The molecule has 2 aliphatic rings. The van der Waals surface area contributed by atoms with E-state index in [2.05, 4.69) is 29.4 Å². The maximum Gasteiger partial charge on any atom is 0.255 e. The zero-order chi connectivity index (χ0) is 19.7. The van der Waals surface area contributed by atoms with Crippen LogP contribution in [-0.2, 0) is 16.6 Å². The third kappa shape index (κ3) is 3.25. The van der Waals surface area contributed by atoms with Crippen molar-refractivity contribution in [3.63, 3.8) is 0 Å². The molecule has 1 heterocycles. The zero-order valence-corrected chi connectivity index (χ0v) is 16.8. The van der Waals surface area contributed by atoms with Gasteiger partial charge in [-0.05, 0) is 85.8 Å². The summed E-state index contributed by atoms with van der Waals surface area (Å²) in [5, 5.41) is 2.99. The molecule has 0 spiro atoms. The van der Waals surface area contributed by atoms with Gasteiger partial charge in [0, 0.05) is 24.6 Å². The summed E-state index contributed by atoms with van der Waals surface area (Å²) < 4.78 is 0. The van der Waals surface area contributed by atoms with Crippen molar-refractivity contribution >= 4 is 17.4 Å². The van der Waals surface area contributed by atoms with Gasteiger partial charge in [-0.25, -0.2) is 0 Å². The molecule has 0 bridgehead atoms. The van der Waals surface area contributed by atoms with E-state index in [1.165, 1.54) is 11.1 Å². The van der Waals surface area contributed by atoms with Gasteiger partial charge in [-0.2, -0.15) is 0 Å². The van der Waals surface area contributed by atoms with Crippen LogP contribution in [0.3, 0.4) is 0 Å². The molecule has 1 saturated carbocycles. The maximum atomic E-state index is 12.8. The predicted octanol–water partition coefficient (Wildman–Crippen LogP) is 5.00. The Morgan fingerprint density at radius 2 is 2.14 bits per heavy atom. The number of ketones is 1. The molecule has 1 aromatic heterocycles. The Hall–Kier alpha value is -2.49. The monoisotopic (exact) mass is 376 g/mol. The van der Waals surface area contributed by atoms with Crippen molar-refractivity contribution in [3.8, 4) is 0 Å². The summed E-state index contributed by atoms with van der Waals surface area (Å²) in [6, 6.07) is 9.90. The quantitative estimate of drug-likeness (QED) is 0.820. The van der Waals surface area contributed by atoms with Gasteiger partial charge in [-0.1, -0.05) is 13.0 Å². The van der Waals surface area contributed by atoms with E-state index in [-0.39, 0.29) is 11.3 Å². The molecule has 1 aromatic carbocycles. The molecule has 2 atom stereocenters. The topological polar surface area (TPSA) is 59.1 Å². The third-order valence-electron chi connectivity index (χ3n) is 6.89. The van der Waals surface area contributed by atoms with Crippen LogP contribution in [0, 0.1) is 12.8 Å². The highest BCUT2D eigenvalue weighted by atomic mass is 16.1. The van der Waals surface area contributed by atoms with Gasteiger partial charge in [0.1, 0.15) is 5.78 Å². The van der Waals surface area contributed by atoms with Crippen molar-refractivity contribution in [1.82, 2.24) is 4.98 Å². The van der Waals surface area contributed by atoms with Crippen LogP contribution in [0.2, 0.25) is 0 Å². The number of aromatic nitrogens is 1. The zero-order valence-electron chi connectivity index (χ0n) is 16.8. The molecule has 0 aliphatic heterocycles. The fourth-order valence-electron chi connectivity index (χ4n) is 5.30. The molecule has 2 aliphatic carbocycles. The van der Waals surface area contributed by atoms with Crippen molar-refractivity contribution in [3.05, 3.63) is 58.9 Å². The second-order valence-electron chi connectivity index (χ2n) is 8.30. The van der Waals surface area contributed by atoms with Crippen LogP contribution < -0.4 is 5.32 Å². The number of fused-ring (bicyclic) bond motifs is 3. The lowest BCUT2D eigenvalue weighted by Crippen LogP contribution is -2.40. The number of hydrogen-bond acceptors (Lipinski definition) is 3. The fourth-order valence-corrected chi connectivity index (χ4v) is 5.30. The van der Waals surface area contributed by atoms with Gasteiger partial charge >= 0.3 is 0 Å². The number of pyridine rings is 1. The number of carbonyl (C=O) groups is 2. The number of nitrogens with one attached hydrogen (secondary N) is 1. The molecule has 0 radical (unpaired) electrons. The summed E-state index contributed by atoms with van der Waals surface area (Å²) in [4.78, 5) is 29.2. The normalized spacial score (nSPS) is 24.1. The van der Waals surface area contributed by atoms with Crippen LogP contribution in [0.15, 0.2) is 36.5 Å². The molecular weight excluding hydrogens is 348 g/mol. The number of Topliss-reactive ketones (excluding diaryl/α,β-unsaturated/α-hetero) is 1. The Labute approximate surface area is 166 Å². The summed E-state index contributed by atoms with van der Waals surface area (Å²) in [5.74, 6) is 0.766. The summed E-state index contributed by atoms with van der Waals surface area (Å²) in [6.45, 7) is 4.14. The highest BCUT2D eigenvalue weighted by Gasteiger charge is 2.45. The second-order valence-corrected chi connectivity index (χ2v) is 8.30. The molecule has 4 heteroatoms. The number of amides is 1. The summed E-state index contributed by atoms with van der Waals surface area (Å²) in [6.07, 6.45) is 8.29. The molecule has 0 saturated heterocycles. The average Bonchev–Trinajstić information content (AvgIpc) is 2.86. The van der Waals surface area contributed by atoms with Gasteiger partial charge < -0.3 is 5.32 Å². The van der Waals surface area contributed by atoms with E-state index in [4.69, 9.17) is 0 Å². The van der Waals surface area contributed by atoms with Crippen molar-refractivity contribution in [2.45, 2.75) is 64.2 Å². The third-order valence-corrected chi connectivity index (χ3v) is 6.89. The number of benzene rings is 1. The maximum absolute atomic E-state index is 12.8. The molecule has 1 amide bonds. The minimum Gasteiger partial charge on any atom is -0.320 e. The van der Waals surface area contributed by atoms with Gasteiger partial charge in [0.25, 0.3) is 5.91 Å². The SMILES string of the molecule is CC[C@@]12CCC(=O)CC1CCCc1cc(C(=O)Nc3cccnc3C)ccc12. The first-order valence-corrected chi connectivity index (χ1v) is 10.4. The Balaban J connectivity index is 1.66. The molecule has 2 aromatic rings. The Bertz CT molecular complexity index is 921. The number of nitrogens with zero attached hydrogens (tertiary/aromatic N) is 1. The lowest BCUT2D eigenvalue weighted by molar-refractivity contribution is -0.123. The van der Waals surface area contributed by atoms with Gasteiger partial charge in [0.15, 0.2) is 0 Å². The van der Waals surface area contributed by atoms with Crippen LogP contribution in [0.1, 0.15) is 72.6 Å². The van der Waals surface area contributed by atoms with Gasteiger partial charge in [-0.3, -0.25) is 14.6 Å². The van der Waals surface area contributed by atoms with Crippen LogP contribution >= 0.6 is 0 Å². The number of anilines is 1. The second kappa shape index (κ2) is 7.50. The Morgan fingerprint density at radius 3 is 2.93 bits per heavy atom. The summed E-state index contributed by atoms with van der Waals surface area (Å²) in [7, 11) is 0. The highest BCUT2D eigenvalue weighted by molar-refractivity contribution is 6.04. The van der Waals surface area contributed by atoms with Crippen LogP contribution in [-0.4, -0.2) is 16.7 Å². The smallest absolute Gasteiger partial charge is 0.255 e. The Kier molecular flexibility index (Phi) is 5.05. The van der Waals surface area contributed by atoms with E-state index in [9.17, 15) is 9.59 Å². The number of aryl methyl sites for hydroxylation is 2. The van der Waals surface area contributed by atoms with E-state index in [0.717, 1.165) is 49.9 Å². The lowest BCUT2D eigenvalue weighted by atomic mass is 9.60. The Morgan fingerprint density at radius 1 is 1.29 bits per heavy atom. The average molecular weight is 377 g/mol. The van der Waals surface area contributed by atoms with Crippen LogP contribution in [0.25, 0.3) is 0 Å². The first-order chi connectivity index (χ1) is 13.5. The van der Waals surface area contributed by atoms with Gasteiger partial charge in [0.05, 0.1) is 11.4 Å². The summed E-state index contributed by atoms with van der Waals surface area (Å²) >= 11 is 0. The number of rotatable bonds is 3. The largest absolute Gasteiger partial charge is 0.320 e. The van der Waals surface area contributed by atoms with Crippen molar-refractivity contribution in [2.75, 3.05) is 5.32 Å². The fraction of sp³-hybridized carbons (Fsp3) is 0.458. The first kappa shape index (κ1) is 18.9. The first-order valence-electron chi connectivity index (χ1n) is 10.4. The lowest BCUT2D eigenvalue weighted by Gasteiger charge is -2.43. The standard InChI is InChI=1S/C24H28N2O2/c1-3-24-12-11-20(27)15-19(24)7-4-6-17-14-18(9-10-21(17)24)23(28)26-22-8-5-13-25-16(22)2/h5,8-10,13-14,19H,3-4,6-7,11-12,15H2,1-2H3,(H,26,28)/t19?,24-/m1/s1. The van der Waals surface area contributed by atoms with E-state index in [1.807, 2.05) is 25.1 Å². The summed E-state index contributed by atoms with van der Waals surface area (Å²) in [5.41, 5.74) is 5.00. The molecule has 4 rings (SSSR count). The van der Waals surface area contributed by atoms with Crippen molar-refractivity contribution < 1.29 is 9.59 Å². The molecule has 1 unspecified atom stereocenters. The van der Waals surface area contributed by atoms with Crippen molar-refractivity contribution in [1.29, 1.82) is 0 Å². The van der Waals surface area contributed by atoms with Crippen LogP contribution in [0.4, 0.5) is 5.69 Å². The number of carbonyl (C=O) groups excluding carboxylic acids is 2. The van der Waals surface area contributed by atoms with E-state index in [0.29, 0.717) is 23.7 Å². The molecule has 1 fully saturated rings. The van der Waals surface area contributed by atoms with E-state index < -0.39 is 0 Å². The van der Waals surface area contributed by atoms with Crippen LogP contribution in [0.5, 0.6) is 0 Å². The molecular formula is C24H28N2O2. The minimum atomic E-state index is -0.0935. The molecule has 4 nitrogen and oxygen atoms in total. The van der Waals surface area contributed by atoms with Gasteiger partial charge in [-0.15, -0.1) is 0 Å². The number of hydrogen-bond donors (Lipinski definition) is 1. The molecule has 1 N–H and O–H groups in total. The minimum absolute atomic E-state index is 0.0920. The van der Waals surface area contributed by atoms with E-state index in [1.54, 1.807) is 6.20 Å². The molecule has 28 heavy (non-hydrogen) atoms. The predicted molar refractivity (Wildman–Crippen MR) is 111 cm³/mol.